The van der Waals surface area contributed by atoms with E-state index in [0.717, 1.165) is 22.5 Å². The van der Waals surface area contributed by atoms with Crippen molar-refractivity contribution in [3.63, 3.8) is 0 Å². The Morgan fingerprint density at radius 2 is 1.90 bits per heavy atom. The van der Waals surface area contributed by atoms with Crippen molar-refractivity contribution < 1.29 is 0 Å². The van der Waals surface area contributed by atoms with Crippen molar-refractivity contribution in [3.05, 3.63) is 23.2 Å². The SMILES string of the molecule is CC(C)C1CCCC(Nc2cccc(Cl)c2N(C)C)CC1. The molecule has 1 aliphatic carbocycles. The molecule has 0 radical (unpaired) electrons. The van der Waals surface area contributed by atoms with Crippen LogP contribution in [0.25, 0.3) is 0 Å². The van der Waals surface area contributed by atoms with E-state index in [9.17, 15) is 0 Å². The highest BCUT2D eigenvalue weighted by atomic mass is 35.5. The second-order valence-corrected chi connectivity index (χ2v) is 7.29. The number of benzene rings is 1. The molecule has 21 heavy (non-hydrogen) atoms. The van der Waals surface area contributed by atoms with E-state index in [1.54, 1.807) is 0 Å². The molecule has 1 aromatic carbocycles. The van der Waals surface area contributed by atoms with Gasteiger partial charge in [-0.2, -0.15) is 0 Å². The first-order valence-electron chi connectivity index (χ1n) is 8.21. The number of para-hydroxylation sites is 1. The molecular formula is C18H29ClN2. The molecular weight excluding hydrogens is 280 g/mol. The van der Waals surface area contributed by atoms with E-state index in [1.165, 1.54) is 37.8 Å². The van der Waals surface area contributed by atoms with Gasteiger partial charge in [0.25, 0.3) is 0 Å². The second-order valence-electron chi connectivity index (χ2n) is 6.88. The topological polar surface area (TPSA) is 15.3 Å². The second kappa shape index (κ2) is 7.40. The van der Waals surface area contributed by atoms with Gasteiger partial charge in [0.05, 0.1) is 16.4 Å². The molecule has 2 atom stereocenters. The largest absolute Gasteiger partial charge is 0.381 e. The standard InChI is InChI=1S/C18H29ClN2/c1-13(2)14-7-5-8-15(12-11-14)20-17-10-6-9-16(19)18(17)21(3)4/h6,9-10,13-15,20H,5,7-8,11-12H2,1-4H3. The average molecular weight is 309 g/mol. The maximum absolute atomic E-state index is 6.36. The van der Waals surface area contributed by atoms with Gasteiger partial charge in [0.1, 0.15) is 0 Å². The molecule has 0 aliphatic heterocycles. The molecule has 1 aliphatic rings. The fourth-order valence-corrected chi connectivity index (χ4v) is 3.79. The van der Waals surface area contributed by atoms with Crippen molar-refractivity contribution >= 4 is 23.0 Å². The van der Waals surface area contributed by atoms with Crippen molar-refractivity contribution in [3.8, 4) is 0 Å². The zero-order chi connectivity index (χ0) is 15.4. The summed E-state index contributed by atoms with van der Waals surface area (Å²) in [5.74, 6) is 1.71. The first-order valence-corrected chi connectivity index (χ1v) is 8.59. The lowest BCUT2D eigenvalue weighted by molar-refractivity contribution is 0.341. The third-order valence-corrected chi connectivity index (χ3v) is 5.05. The lowest BCUT2D eigenvalue weighted by atomic mass is 9.89. The van der Waals surface area contributed by atoms with Crippen LogP contribution in [0.5, 0.6) is 0 Å². The smallest absolute Gasteiger partial charge is 0.0786 e. The van der Waals surface area contributed by atoms with Gasteiger partial charge in [0.2, 0.25) is 0 Å². The minimum atomic E-state index is 0.575. The zero-order valence-corrected chi connectivity index (χ0v) is 14.6. The molecule has 1 saturated carbocycles. The maximum atomic E-state index is 6.36. The van der Waals surface area contributed by atoms with Gasteiger partial charge in [0.15, 0.2) is 0 Å². The highest BCUT2D eigenvalue weighted by molar-refractivity contribution is 6.34. The predicted octanol–water partition coefficient (Wildman–Crippen LogP) is 5.42. The minimum absolute atomic E-state index is 0.575. The Morgan fingerprint density at radius 1 is 1.14 bits per heavy atom. The van der Waals surface area contributed by atoms with Crippen molar-refractivity contribution in [1.29, 1.82) is 0 Å². The molecule has 0 bridgehead atoms. The third kappa shape index (κ3) is 4.29. The summed E-state index contributed by atoms with van der Waals surface area (Å²) in [4.78, 5) is 2.10. The number of rotatable bonds is 4. The van der Waals surface area contributed by atoms with Gasteiger partial charge in [-0.1, -0.05) is 44.4 Å². The Kier molecular flexibility index (Phi) is 5.80. The molecule has 2 rings (SSSR count). The van der Waals surface area contributed by atoms with Crippen molar-refractivity contribution in [2.24, 2.45) is 11.8 Å². The fourth-order valence-electron chi connectivity index (χ4n) is 3.45. The molecule has 1 aromatic rings. The van der Waals surface area contributed by atoms with Gasteiger partial charge >= 0.3 is 0 Å². The van der Waals surface area contributed by atoms with Gasteiger partial charge in [-0.3, -0.25) is 0 Å². The zero-order valence-electron chi connectivity index (χ0n) is 13.8. The summed E-state index contributed by atoms with van der Waals surface area (Å²) in [6, 6.07) is 6.72. The monoisotopic (exact) mass is 308 g/mol. The average Bonchev–Trinajstić information content (AvgIpc) is 2.64. The summed E-state index contributed by atoms with van der Waals surface area (Å²) in [7, 11) is 4.10. The van der Waals surface area contributed by atoms with Crippen LogP contribution in [0, 0.1) is 11.8 Å². The van der Waals surface area contributed by atoms with Crippen LogP contribution in [-0.2, 0) is 0 Å². The fraction of sp³-hybridized carbons (Fsp3) is 0.667. The van der Waals surface area contributed by atoms with Crippen LogP contribution in [-0.4, -0.2) is 20.1 Å². The normalized spacial score (nSPS) is 23.0. The van der Waals surface area contributed by atoms with Gasteiger partial charge in [-0.25, -0.2) is 0 Å². The van der Waals surface area contributed by atoms with Crippen molar-refractivity contribution in [2.45, 2.75) is 52.0 Å². The Hall–Kier alpha value is -0.890. The van der Waals surface area contributed by atoms with Gasteiger partial charge in [-0.05, 0) is 43.2 Å². The highest BCUT2D eigenvalue weighted by Crippen LogP contribution is 2.35. The van der Waals surface area contributed by atoms with Gasteiger partial charge in [-0.15, -0.1) is 0 Å². The predicted molar refractivity (Wildman–Crippen MR) is 94.6 cm³/mol. The summed E-state index contributed by atoms with van der Waals surface area (Å²) in [5, 5.41) is 4.56. The number of nitrogens with zero attached hydrogens (tertiary/aromatic N) is 1. The Morgan fingerprint density at radius 3 is 2.57 bits per heavy atom. The lowest BCUT2D eigenvalue weighted by Crippen LogP contribution is -2.21. The molecule has 0 heterocycles. The molecule has 1 N–H and O–H groups in total. The summed E-state index contributed by atoms with van der Waals surface area (Å²) in [6.45, 7) is 4.72. The Labute approximate surface area is 134 Å². The van der Waals surface area contributed by atoms with Crippen LogP contribution in [0.4, 0.5) is 11.4 Å². The number of hydrogen-bond acceptors (Lipinski definition) is 2. The molecule has 0 saturated heterocycles. The van der Waals surface area contributed by atoms with Crippen LogP contribution >= 0.6 is 11.6 Å². The van der Waals surface area contributed by atoms with E-state index < -0.39 is 0 Å². The molecule has 118 valence electrons. The molecule has 0 aromatic heterocycles. The van der Waals surface area contributed by atoms with Crippen LogP contribution in [0.2, 0.25) is 5.02 Å². The van der Waals surface area contributed by atoms with E-state index in [4.69, 9.17) is 11.6 Å². The van der Waals surface area contributed by atoms with E-state index in [1.807, 2.05) is 26.2 Å². The van der Waals surface area contributed by atoms with Crippen LogP contribution in [0.15, 0.2) is 18.2 Å². The first-order chi connectivity index (χ1) is 9.99. The summed E-state index contributed by atoms with van der Waals surface area (Å²) >= 11 is 6.36. The third-order valence-electron chi connectivity index (χ3n) is 4.75. The summed E-state index contributed by atoms with van der Waals surface area (Å²) in [5.41, 5.74) is 2.27. The molecule has 2 unspecified atom stereocenters. The number of nitrogens with one attached hydrogen (secondary N) is 1. The first kappa shape index (κ1) is 16.5. The molecule has 3 heteroatoms. The molecule has 0 spiro atoms. The van der Waals surface area contributed by atoms with Gasteiger partial charge in [0, 0.05) is 20.1 Å². The highest BCUT2D eigenvalue weighted by Gasteiger charge is 2.22. The minimum Gasteiger partial charge on any atom is -0.381 e. The summed E-state index contributed by atoms with van der Waals surface area (Å²) < 4.78 is 0. The number of anilines is 2. The van der Waals surface area contributed by atoms with Crippen LogP contribution in [0.1, 0.15) is 46.0 Å². The Bertz CT molecular complexity index is 457. The number of hydrogen-bond donors (Lipinski definition) is 1. The lowest BCUT2D eigenvalue weighted by Gasteiger charge is -2.24. The molecule has 1 fully saturated rings. The van der Waals surface area contributed by atoms with E-state index >= 15 is 0 Å². The quantitative estimate of drug-likeness (QED) is 0.747. The van der Waals surface area contributed by atoms with E-state index in [0.29, 0.717) is 6.04 Å². The molecule has 2 nitrogen and oxygen atoms in total. The Balaban J connectivity index is 2.07. The summed E-state index contributed by atoms with van der Waals surface area (Å²) in [6.07, 6.45) is 6.59. The van der Waals surface area contributed by atoms with Crippen LogP contribution in [0.3, 0.4) is 0 Å². The number of halogens is 1. The van der Waals surface area contributed by atoms with E-state index in [-0.39, 0.29) is 0 Å². The molecule has 0 amide bonds. The van der Waals surface area contributed by atoms with Crippen molar-refractivity contribution in [1.82, 2.24) is 0 Å². The van der Waals surface area contributed by atoms with Crippen LogP contribution < -0.4 is 10.2 Å². The van der Waals surface area contributed by atoms with Gasteiger partial charge < -0.3 is 10.2 Å². The van der Waals surface area contributed by atoms with Crippen molar-refractivity contribution in [2.75, 3.05) is 24.3 Å². The maximum Gasteiger partial charge on any atom is 0.0786 e. The van der Waals surface area contributed by atoms with E-state index in [2.05, 4.69) is 30.1 Å².